The maximum absolute atomic E-state index is 11.1. The van der Waals surface area contributed by atoms with Crippen LogP contribution in [0.3, 0.4) is 0 Å². The summed E-state index contributed by atoms with van der Waals surface area (Å²) in [6.45, 7) is 5.91. The molecule has 0 heterocycles. The van der Waals surface area contributed by atoms with Crippen molar-refractivity contribution in [2.45, 2.75) is 63.8 Å². The van der Waals surface area contributed by atoms with E-state index in [9.17, 15) is 15.3 Å². The van der Waals surface area contributed by atoms with Gasteiger partial charge in [-0.1, -0.05) is 13.8 Å². The van der Waals surface area contributed by atoms with E-state index in [1.54, 1.807) is 0 Å². The van der Waals surface area contributed by atoms with E-state index in [0.717, 1.165) is 19.3 Å². The highest BCUT2D eigenvalue weighted by molar-refractivity contribution is 5.26. The predicted molar refractivity (Wildman–Crippen MR) is 64.3 cm³/mol. The third-order valence-corrected chi connectivity index (χ3v) is 6.71. The fraction of sp³-hybridized carbons (Fsp3) is 1.00. The van der Waals surface area contributed by atoms with Crippen LogP contribution in [0.25, 0.3) is 0 Å². The average molecular weight is 240 g/mol. The summed E-state index contributed by atoms with van der Waals surface area (Å²) in [4.78, 5) is 0. The van der Waals surface area contributed by atoms with Crippen molar-refractivity contribution in [1.82, 2.24) is 0 Å². The lowest BCUT2D eigenvalue weighted by Crippen LogP contribution is -2.62. The minimum absolute atomic E-state index is 0.0789. The van der Waals surface area contributed by atoms with Crippen LogP contribution >= 0.6 is 0 Å². The maximum atomic E-state index is 11.1. The van der Waals surface area contributed by atoms with Crippen LogP contribution < -0.4 is 0 Å². The van der Waals surface area contributed by atoms with Gasteiger partial charge in [0.15, 0.2) is 0 Å². The first-order chi connectivity index (χ1) is 7.77. The van der Waals surface area contributed by atoms with Crippen molar-refractivity contribution in [1.29, 1.82) is 0 Å². The zero-order chi connectivity index (χ0) is 12.6. The molecule has 0 aliphatic heterocycles. The molecule has 0 aromatic carbocycles. The van der Waals surface area contributed by atoms with Gasteiger partial charge in [-0.05, 0) is 50.4 Å². The largest absolute Gasteiger partial charge is 0.392 e. The van der Waals surface area contributed by atoms with Crippen LogP contribution in [0.2, 0.25) is 0 Å². The Morgan fingerprint density at radius 2 is 1.82 bits per heavy atom. The number of aliphatic hydroxyl groups excluding tert-OH is 1. The van der Waals surface area contributed by atoms with Gasteiger partial charge in [-0.2, -0.15) is 0 Å². The molecule has 3 aliphatic rings. The first kappa shape index (κ1) is 11.9. The van der Waals surface area contributed by atoms with Gasteiger partial charge >= 0.3 is 0 Å². The van der Waals surface area contributed by atoms with Gasteiger partial charge in [-0.3, -0.25) is 0 Å². The second kappa shape index (κ2) is 3.06. The summed E-state index contributed by atoms with van der Waals surface area (Å²) in [5, 5.41) is 32.5. The molecule has 0 radical (unpaired) electrons. The zero-order valence-corrected chi connectivity index (χ0v) is 11.0. The monoisotopic (exact) mass is 240 g/mol. The Hall–Kier alpha value is -0.120. The Labute approximate surface area is 103 Å². The van der Waals surface area contributed by atoms with E-state index in [-0.39, 0.29) is 11.8 Å². The third-order valence-electron chi connectivity index (χ3n) is 6.71. The smallest absolute Gasteiger partial charge is 0.0782 e. The molecule has 0 aromatic rings. The first-order valence-electron chi connectivity index (χ1n) is 6.90. The highest BCUT2D eigenvalue weighted by Crippen LogP contribution is 2.70. The Bertz CT molecular complexity index is 353. The van der Waals surface area contributed by atoms with Crippen LogP contribution in [0.15, 0.2) is 0 Å². The maximum Gasteiger partial charge on any atom is 0.0782 e. The van der Waals surface area contributed by atoms with Crippen molar-refractivity contribution in [2.75, 3.05) is 0 Å². The van der Waals surface area contributed by atoms with Crippen molar-refractivity contribution in [2.24, 2.45) is 23.2 Å². The molecule has 3 aliphatic carbocycles. The quantitative estimate of drug-likeness (QED) is 0.598. The molecule has 0 amide bonds. The molecule has 3 saturated carbocycles. The summed E-state index contributed by atoms with van der Waals surface area (Å²) < 4.78 is 0. The number of fused-ring (bicyclic) bond motifs is 1. The van der Waals surface area contributed by atoms with E-state index in [1.807, 2.05) is 13.8 Å². The highest BCUT2D eigenvalue weighted by Gasteiger charge is 2.76. The van der Waals surface area contributed by atoms with Crippen LogP contribution in [-0.4, -0.2) is 32.6 Å². The molecular weight excluding hydrogens is 216 g/mol. The van der Waals surface area contributed by atoms with Crippen LogP contribution in [0.1, 0.15) is 46.5 Å². The van der Waals surface area contributed by atoms with E-state index in [4.69, 9.17) is 0 Å². The Morgan fingerprint density at radius 1 is 1.18 bits per heavy atom. The molecule has 0 saturated heterocycles. The molecule has 3 heteroatoms. The highest BCUT2D eigenvalue weighted by atomic mass is 16.3. The molecule has 1 spiro atoms. The second-order valence-electron chi connectivity index (χ2n) is 6.99. The fourth-order valence-corrected chi connectivity index (χ4v) is 5.44. The average Bonchev–Trinajstić information content (AvgIpc) is 2.56. The van der Waals surface area contributed by atoms with Gasteiger partial charge < -0.3 is 15.3 Å². The Balaban J connectivity index is 2.19. The lowest BCUT2D eigenvalue weighted by atomic mass is 9.59. The number of aliphatic hydroxyl groups is 3. The molecule has 98 valence electrons. The van der Waals surface area contributed by atoms with Crippen LogP contribution in [-0.2, 0) is 0 Å². The van der Waals surface area contributed by atoms with Gasteiger partial charge in [0, 0.05) is 0 Å². The van der Waals surface area contributed by atoms with Crippen molar-refractivity contribution in [3.8, 4) is 0 Å². The van der Waals surface area contributed by atoms with Gasteiger partial charge in [0.2, 0.25) is 0 Å². The Morgan fingerprint density at radius 3 is 2.47 bits per heavy atom. The van der Waals surface area contributed by atoms with Crippen molar-refractivity contribution >= 4 is 0 Å². The van der Waals surface area contributed by atoms with Gasteiger partial charge in [0.1, 0.15) is 0 Å². The SMILES string of the molecule is C[C@@H]1[C@H]2CC[C@]3(O)[C@@H](C)C[C@@H](O)[C@@]3(C2)[C@@]1(C)O. The summed E-state index contributed by atoms with van der Waals surface area (Å²) in [5.74, 6) is 0.692. The normalized spacial score (nSPS) is 66.0. The predicted octanol–water partition coefficient (Wildman–Crippen LogP) is 1.31. The minimum atomic E-state index is -0.951. The number of rotatable bonds is 0. The van der Waals surface area contributed by atoms with Crippen LogP contribution in [0.5, 0.6) is 0 Å². The third kappa shape index (κ3) is 1.02. The van der Waals surface area contributed by atoms with Gasteiger partial charge in [-0.15, -0.1) is 0 Å². The van der Waals surface area contributed by atoms with Crippen molar-refractivity contribution in [3.63, 3.8) is 0 Å². The lowest BCUT2D eigenvalue weighted by Gasteiger charge is -2.52. The van der Waals surface area contributed by atoms with E-state index in [1.165, 1.54) is 0 Å². The van der Waals surface area contributed by atoms with E-state index in [0.29, 0.717) is 12.3 Å². The molecular formula is C14H24O3. The topological polar surface area (TPSA) is 60.7 Å². The van der Waals surface area contributed by atoms with E-state index in [2.05, 4.69) is 6.92 Å². The first-order valence-corrected chi connectivity index (χ1v) is 6.90. The molecule has 0 unspecified atom stereocenters. The summed E-state index contributed by atoms with van der Waals surface area (Å²) in [6, 6.07) is 0. The van der Waals surface area contributed by atoms with Gasteiger partial charge in [0.25, 0.3) is 0 Å². The van der Waals surface area contributed by atoms with Crippen molar-refractivity contribution in [3.05, 3.63) is 0 Å². The lowest BCUT2D eigenvalue weighted by molar-refractivity contribution is -0.211. The summed E-state index contributed by atoms with van der Waals surface area (Å²) in [5.41, 5.74) is -2.52. The molecule has 3 fully saturated rings. The summed E-state index contributed by atoms with van der Waals surface area (Å²) in [6.07, 6.45) is 2.54. The number of hydrogen-bond donors (Lipinski definition) is 3. The van der Waals surface area contributed by atoms with Gasteiger partial charge in [-0.25, -0.2) is 0 Å². The van der Waals surface area contributed by atoms with Crippen molar-refractivity contribution < 1.29 is 15.3 Å². The van der Waals surface area contributed by atoms with E-state index < -0.39 is 22.7 Å². The summed E-state index contributed by atoms with van der Waals surface area (Å²) in [7, 11) is 0. The van der Waals surface area contributed by atoms with Crippen LogP contribution in [0.4, 0.5) is 0 Å². The molecule has 3 N–H and O–H groups in total. The molecule has 3 nitrogen and oxygen atoms in total. The van der Waals surface area contributed by atoms with E-state index >= 15 is 0 Å². The number of hydrogen-bond acceptors (Lipinski definition) is 3. The second-order valence-corrected chi connectivity index (χ2v) is 6.99. The molecule has 7 atom stereocenters. The van der Waals surface area contributed by atoms with Gasteiger partial charge in [0.05, 0.1) is 22.7 Å². The standard InChI is InChI=1S/C14H24O3/c1-8-6-11(15)13-7-10(4-5-14(8,13)17)9(2)12(13,3)16/h8-11,15-17H,4-7H2,1-3H3/t8-,9+,10-,11+,12-,13-,14-/m0/s1. The fourth-order valence-electron chi connectivity index (χ4n) is 5.44. The molecule has 0 aromatic heterocycles. The van der Waals surface area contributed by atoms with Crippen LogP contribution in [0, 0.1) is 23.2 Å². The summed E-state index contributed by atoms with van der Waals surface area (Å²) >= 11 is 0. The Kier molecular flexibility index (Phi) is 2.15. The molecule has 2 bridgehead atoms. The molecule has 17 heavy (non-hydrogen) atoms. The zero-order valence-electron chi connectivity index (χ0n) is 11.0. The molecule has 3 rings (SSSR count). The minimum Gasteiger partial charge on any atom is -0.392 e.